The van der Waals surface area contributed by atoms with Crippen LogP contribution in [0.25, 0.3) is 6.08 Å². The van der Waals surface area contributed by atoms with Gasteiger partial charge in [0.2, 0.25) is 5.91 Å². The van der Waals surface area contributed by atoms with Gasteiger partial charge in [-0.1, -0.05) is 13.8 Å². The summed E-state index contributed by atoms with van der Waals surface area (Å²) in [4.78, 5) is 26.6. The monoisotopic (exact) mass is 317 g/mol. The molecule has 6 heteroatoms. The Labute approximate surface area is 136 Å². The van der Waals surface area contributed by atoms with Gasteiger partial charge in [-0.25, -0.2) is 0 Å². The molecule has 1 fully saturated rings. The molecule has 0 N–H and O–H groups in total. The molecule has 0 radical (unpaired) electrons. The highest BCUT2D eigenvalue weighted by molar-refractivity contribution is 5.91. The molecule has 0 aliphatic carbocycles. The first-order valence-electron chi connectivity index (χ1n) is 7.89. The van der Waals surface area contributed by atoms with Crippen LogP contribution < -0.4 is 0 Å². The van der Waals surface area contributed by atoms with Crippen LogP contribution in [0.1, 0.15) is 19.4 Å². The number of hydrogen-bond acceptors (Lipinski definition) is 4. The molecule has 1 amide bonds. The van der Waals surface area contributed by atoms with Crippen LogP contribution in [0.15, 0.2) is 30.3 Å². The lowest BCUT2D eigenvalue weighted by atomic mass is 10.1. The normalized spacial score (nSPS) is 16.2. The molecule has 1 saturated heterocycles. The highest BCUT2D eigenvalue weighted by Gasteiger charge is 2.19. The number of carbonyl (C=O) groups is 1. The lowest BCUT2D eigenvalue weighted by Crippen LogP contribution is -2.49. The first kappa shape index (κ1) is 17.1. The Morgan fingerprint density at radius 3 is 2.35 bits per heavy atom. The Morgan fingerprint density at radius 1 is 1.22 bits per heavy atom. The maximum absolute atomic E-state index is 12.2. The molecule has 23 heavy (non-hydrogen) atoms. The number of benzene rings is 1. The van der Waals surface area contributed by atoms with Crippen LogP contribution in [0.3, 0.4) is 0 Å². The largest absolute Gasteiger partial charge is 0.337 e. The molecular weight excluding hydrogens is 294 g/mol. The molecule has 6 nitrogen and oxygen atoms in total. The lowest BCUT2D eigenvalue weighted by molar-refractivity contribution is -0.384. The van der Waals surface area contributed by atoms with Crippen molar-refractivity contribution in [3.05, 3.63) is 46.0 Å². The number of amides is 1. The molecular formula is C17H23N3O3. The minimum atomic E-state index is -0.435. The van der Waals surface area contributed by atoms with E-state index in [2.05, 4.69) is 18.7 Å². The quantitative estimate of drug-likeness (QED) is 0.475. The average Bonchev–Trinajstić information content (AvgIpc) is 2.53. The van der Waals surface area contributed by atoms with Gasteiger partial charge >= 0.3 is 0 Å². The van der Waals surface area contributed by atoms with E-state index in [9.17, 15) is 14.9 Å². The van der Waals surface area contributed by atoms with Gasteiger partial charge in [-0.05, 0) is 29.7 Å². The van der Waals surface area contributed by atoms with Crippen LogP contribution in [-0.4, -0.2) is 53.4 Å². The Kier molecular flexibility index (Phi) is 5.87. The van der Waals surface area contributed by atoms with Crippen LogP contribution in [0, 0.1) is 16.0 Å². The summed E-state index contributed by atoms with van der Waals surface area (Å²) in [6, 6.07) is 6.16. The smallest absolute Gasteiger partial charge is 0.269 e. The molecule has 0 saturated carbocycles. The molecule has 1 aromatic rings. The Hall–Kier alpha value is -2.21. The molecule has 2 rings (SSSR count). The first-order chi connectivity index (χ1) is 11.0. The maximum atomic E-state index is 12.2. The summed E-state index contributed by atoms with van der Waals surface area (Å²) >= 11 is 0. The van der Waals surface area contributed by atoms with E-state index < -0.39 is 4.92 Å². The fraction of sp³-hybridized carbons (Fsp3) is 0.471. The minimum Gasteiger partial charge on any atom is -0.337 e. The van der Waals surface area contributed by atoms with Gasteiger partial charge in [0.25, 0.3) is 5.69 Å². The SMILES string of the molecule is CC(C)CN1CCN(C(=O)/C=C/c2ccc([N+](=O)[O-])cc2)CC1. The third-order valence-corrected chi connectivity index (χ3v) is 3.83. The van der Waals surface area contributed by atoms with Crippen molar-refractivity contribution in [2.75, 3.05) is 32.7 Å². The van der Waals surface area contributed by atoms with Crippen molar-refractivity contribution >= 4 is 17.7 Å². The Balaban J connectivity index is 1.86. The van der Waals surface area contributed by atoms with E-state index in [0.717, 1.165) is 38.3 Å². The molecule has 124 valence electrons. The van der Waals surface area contributed by atoms with E-state index >= 15 is 0 Å². The van der Waals surface area contributed by atoms with E-state index in [1.165, 1.54) is 12.1 Å². The molecule has 0 bridgehead atoms. The third kappa shape index (κ3) is 5.17. The van der Waals surface area contributed by atoms with Crippen LogP contribution in [0.2, 0.25) is 0 Å². The van der Waals surface area contributed by atoms with Gasteiger partial charge in [0.05, 0.1) is 4.92 Å². The number of nitro benzene ring substituents is 1. The fourth-order valence-corrected chi connectivity index (χ4v) is 2.65. The fourth-order valence-electron chi connectivity index (χ4n) is 2.65. The average molecular weight is 317 g/mol. The second-order valence-electron chi connectivity index (χ2n) is 6.20. The van der Waals surface area contributed by atoms with Crippen molar-refractivity contribution in [2.45, 2.75) is 13.8 Å². The summed E-state index contributed by atoms with van der Waals surface area (Å²) in [6.45, 7) is 8.78. The summed E-state index contributed by atoms with van der Waals surface area (Å²) in [7, 11) is 0. The molecule has 1 aliphatic heterocycles. The van der Waals surface area contributed by atoms with Gasteiger partial charge in [0.1, 0.15) is 0 Å². The molecule has 0 atom stereocenters. The second-order valence-corrected chi connectivity index (χ2v) is 6.20. The van der Waals surface area contributed by atoms with Gasteiger partial charge in [0, 0.05) is 50.9 Å². The zero-order valence-corrected chi connectivity index (χ0v) is 13.6. The standard InChI is InChI=1S/C17H23N3O3/c1-14(2)13-18-9-11-19(12-10-18)17(21)8-5-15-3-6-16(7-4-15)20(22)23/h3-8,14H,9-13H2,1-2H3/b8-5+. The van der Waals surface area contributed by atoms with Gasteiger partial charge < -0.3 is 4.90 Å². The summed E-state index contributed by atoms with van der Waals surface area (Å²) in [5.41, 5.74) is 0.831. The van der Waals surface area contributed by atoms with E-state index in [0.29, 0.717) is 5.92 Å². The highest BCUT2D eigenvalue weighted by Crippen LogP contribution is 2.13. The van der Waals surface area contributed by atoms with Crippen molar-refractivity contribution in [2.24, 2.45) is 5.92 Å². The molecule has 0 unspecified atom stereocenters. The van der Waals surface area contributed by atoms with Gasteiger partial charge in [-0.15, -0.1) is 0 Å². The topological polar surface area (TPSA) is 66.7 Å². The number of rotatable bonds is 5. The summed E-state index contributed by atoms with van der Waals surface area (Å²) in [5.74, 6) is 0.631. The number of hydrogen-bond donors (Lipinski definition) is 0. The maximum Gasteiger partial charge on any atom is 0.269 e. The predicted molar refractivity (Wildman–Crippen MR) is 90.0 cm³/mol. The number of nitrogens with zero attached hydrogens (tertiary/aromatic N) is 3. The summed E-state index contributed by atoms with van der Waals surface area (Å²) in [5, 5.41) is 10.6. The molecule has 0 spiro atoms. The number of piperazine rings is 1. The van der Waals surface area contributed by atoms with Gasteiger partial charge in [-0.2, -0.15) is 0 Å². The molecule has 0 aromatic heterocycles. The zero-order chi connectivity index (χ0) is 16.8. The van der Waals surface area contributed by atoms with E-state index in [4.69, 9.17) is 0 Å². The van der Waals surface area contributed by atoms with E-state index in [1.54, 1.807) is 24.3 Å². The van der Waals surface area contributed by atoms with Crippen LogP contribution >= 0.6 is 0 Å². The lowest BCUT2D eigenvalue weighted by Gasteiger charge is -2.35. The number of nitro groups is 1. The van der Waals surface area contributed by atoms with Crippen molar-refractivity contribution in [3.8, 4) is 0 Å². The molecule has 1 aromatic carbocycles. The van der Waals surface area contributed by atoms with Crippen molar-refractivity contribution in [1.29, 1.82) is 0 Å². The zero-order valence-electron chi connectivity index (χ0n) is 13.6. The Morgan fingerprint density at radius 2 is 1.83 bits per heavy atom. The number of carbonyl (C=O) groups excluding carboxylic acids is 1. The second kappa shape index (κ2) is 7.87. The van der Waals surface area contributed by atoms with Gasteiger partial charge in [0.15, 0.2) is 0 Å². The minimum absolute atomic E-state index is 0.00690. The van der Waals surface area contributed by atoms with Crippen molar-refractivity contribution in [1.82, 2.24) is 9.80 Å². The highest BCUT2D eigenvalue weighted by atomic mass is 16.6. The van der Waals surface area contributed by atoms with Gasteiger partial charge in [-0.3, -0.25) is 19.8 Å². The van der Waals surface area contributed by atoms with E-state index in [1.807, 2.05) is 4.90 Å². The van der Waals surface area contributed by atoms with Crippen LogP contribution in [-0.2, 0) is 4.79 Å². The number of non-ortho nitro benzene ring substituents is 1. The van der Waals surface area contributed by atoms with Crippen LogP contribution in [0.5, 0.6) is 0 Å². The van der Waals surface area contributed by atoms with Crippen LogP contribution in [0.4, 0.5) is 5.69 Å². The van der Waals surface area contributed by atoms with E-state index in [-0.39, 0.29) is 11.6 Å². The summed E-state index contributed by atoms with van der Waals surface area (Å²) < 4.78 is 0. The third-order valence-electron chi connectivity index (χ3n) is 3.83. The predicted octanol–water partition coefficient (Wildman–Crippen LogP) is 2.41. The van der Waals surface area contributed by atoms with Crippen molar-refractivity contribution in [3.63, 3.8) is 0 Å². The first-order valence-corrected chi connectivity index (χ1v) is 7.89. The summed E-state index contributed by atoms with van der Waals surface area (Å²) in [6.07, 6.45) is 3.24. The molecule has 1 aliphatic rings. The Bertz CT molecular complexity index is 573. The molecule has 1 heterocycles. The van der Waals surface area contributed by atoms with Crippen molar-refractivity contribution < 1.29 is 9.72 Å².